The minimum Gasteiger partial charge on any atom is -0.382 e. The zero-order valence-electron chi connectivity index (χ0n) is 9.55. The van der Waals surface area contributed by atoms with E-state index in [4.69, 9.17) is 9.26 Å². The molecule has 0 N–H and O–H groups in total. The number of nitrogens with zero attached hydrogens (tertiary/aromatic N) is 2. The highest BCUT2D eigenvalue weighted by atomic mass is 31.2. The Hall–Kier alpha value is 0.0700. The van der Waals surface area contributed by atoms with E-state index < -0.39 is 7.67 Å². The normalized spacial score (nSPS) is 42.3. The zero-order chi connectivity index (χ0) is 11.1. The van der Waals surface area contributed by atoms with E-state index in [1.165, 1.54) is 0 Å². The van der Waals surface area contributed by atoms with Gasteiger partial charge in [0.25, 0.3) is 0 Å². The van der Waals surface area contributed by atoms with E-state index in [0.717, 1.165) is 13.1 Å². The highest BCUT2D eigenvalue weighted by molar-refractivity contribution is 7.54. The molecule has 5 nitrogen and oxygen atoms in total. The van der Waals surface area contributed by atoms with Gasteiger partial charge in [0.15, 0.2) is 0 Å². The van der Waals surface area contributed by atoms with Crippen LogP contribution in [0.4, 0.5) is 0 Å². The molecule has 0 aromatic rings. The average molecular weight is 234 g/mol. The molecule has 0 saturated carbocycles. The molecule has 0 aromatic carbocycles. The van der Waals surface area contributed by atoms with E-state index in [1.54, 1.807) is 7.11 Å². The summed E-state index contributed by atoms with van der Waals surface area (Å²) in [6.45, 7) is 6.80. The molecule has 2 aliphatic rings. The molecule has 0 bridgehead atoms. The SMILES string of the molecule is COCCOP(=O)(N1C[C@@H]1C)N1C[C@@H]1C. The average Bonchev–Trinajstić information content (AvgIpc) is 3.05. The standard InChI is InChI=1S/C9H19N2O3P/c1-8-6-10(8)15(12,11-7-9(11)2)14-5-4-13-3/h8-9H,4-7H2,1-3H3/t8-,9-,10?,11?,15?/m0/s1. The van der Waals surface area contributed by atoms with Gasteiger partial charge in [-0.05, 0) is 13.8 Å². The van der Waals surface area contributed by atoms with Gasteiger partial charge in [-0.1, -0.05) is 0 Å². The fourth-order valence-electron chi connectivity index (χ4n) is 1.69. The van der Waals surface area contributed by atoms with Crippen molar-refractivity contribution in [3.05, 3.63) is 0 Å². The number of ether oxygens (including phenoxy) is 1. The van der Waals surface area contributed by atoms with E-state index >= 15 is 0 Å². The van der Waals surface area contributed by atoms with Crippen molar-refractivity contribution in [2.45, 2.75) is 25.9 Å². The van der Waals surface area contributed by atoms with Crippen molar-refractivity contribution >= 4 is 7.67 Å². The van der Waals surface area contributed by atoms with Crippen molar-refractivity contribution in [3.63, 3.8) is 0 Å². The zero-order valence-corrected chi connectivity index (χ0v) is 10.4. The van der Waals surface area contributed by atoms with Crippen LogP contribution in [-0.2, 0) is 13.8 Å². The summed E-state index contributed by atoms with van der Waals surface area (Å²) in [7, 11) is -1.08. The molecule has 0 spiro atoms. The van der Waals surface area contributed by atoms with Gasteiger partial charge < -0.3 is 9.26 Å². The van der Waals surface area contributed by atoms with Gasteiger partial charge in [-0.25, -0.2) is 9.34 Å². The molecule has 6 heteroatoms. The highest BCUT2D eigenvalue weighted by Gasteiger charge is 2.56. The third-order valence-electron chi connectivity index (χ3n) is 2.85. The Morgan fingerprint density at radius 1 is 1.20 bits per heavy atom. The van der Waals surface area contributed by atoms with Gasteiger partial charge in [-0.15, -0.1) is 0 Å². The molecule has 15 heavy (non-hydrogen) atoms. The third kappa shape index (κ3) is 2.27. The molecule has 88 valence electrons. The maximum absolute atomic E-state index is 12.6. The van der Waals surface area contributed by atoms with E-state index in [0.29, 0.717) is 25.3 Å². The predicted molar refractivity (Wildman–Crippen MR) is 57.8 cm³/mol. The summed E-state index contributed by atoms with van der Waals surface area (Å²) in [4.78, 5) is 0. The molecular formula is C9H19N2O3P. The second kappa shape index (κ2) is 4.15. The van der Waals surface area contributed by atoms with Crippen LogP contribution in [0.25, 0.3) is 0 Å². The first-order chi connectivity index (χ1) is 7.09. The second-order valence-electron chi connectivity index (χ2n) is 4.26. The van der Waals surface area contributed by atoms with Crippen molar-refractivity contribution in [2.75, 3.05) is 33.4 Å². The molecule has 0 radical (unpaired) electrons. The summed E-state index contributed by atoms with van der Waals surface area (Å²) in [5.41, 5.74) is 0. The molecule has 2 aliphatic heterocycles. The molecule has 0 aromatic heterocycles. The monoisotopic (exact) mass is 234 g/mol. The second-order valence-corrected chi connectivity index (χ2v) is 6.53. The highest BCUT2D eigenvalue weighted by Crippen LogP contribution is 2.64. The number of hydrogen-bond donors (Lipinski definition) is 0. The molecular weight excluding hydrogens is 215 g/mol. The van der Waals surface area contributed by atoms with Crippen molar-refractivity contribution in [3.8, 4) is 0 Å². The van der Waals surface area contributed by atoms with Crippen LogP contribution in [0.5, 0.6) is 0 Å². The molecule has 0 aliphatic carbocycles. The number of rotatable bonds is 6. The maximum Gasteiger partial charge on any atom is 0.346 e. The van der Waals surface area contributed by atoms with Crippen LogP contribution >= 0.6 is 7.67 Å². The molecule has 2 heterocycles. The quantitative estimate of drug-likeness (QED) is 0.392. The lowest BCUT2D eigenvalue weighted by Gasteiger charge is -2.20. The van der Waals surface area contributed by atoms with E-state index in [1.807, 2.05) is 9.34 Å². The largest absolute Gasteiger partial charge is 0.382 e. The molecule has 2 saturated heterocycles. The predicted octanol–water partition coefficient (Wildman–Crippen LogP) is 1.17. The topological polar surface area (TPSA) is 41.5 Å². The summed E-state index contributed by atoms with van der Waals surface area (Å²) >= 11 is 0. The summed E-state index contributed by atoms with van der Waals surface area (Å²) in [5, 5.41) is 0. The minimum atomic E-state index is -2.70. The van der Waals surface area contributed by atoms with E-state index in [2.05, 4.69) is 13.8 Å². The fourth-order valence-corrected chi connectivity index (χ4v) is 4.47. The lowest BCUT2D eigenvalue weighted by atomic mass is 10.6. The maximum atomic E-state index is 12.6. The lowest BCUT2D eigenvalue weighted by molar-refractivity contribution is 0.139. The molecule has 0 amide bonds. The van der Waals surface area contributed by atoms with Gasteiger partial charge in [0.05, 0.1) is 13.2 Å². The number of methoxy groups -OCH3 is 1. The number of hydrogen-bond acceptors (Lipinski definition) is 3. The third-order valence-corrected chi connectivity index (χ3v) is 5.78. The van der Waals surface area contributed by atoms with Gasteiger partial charge in [0, 0.05) is 32.3 Å². The summed E-state index contributed by atoms with van der Waals surface area (Å²) in [5.74, 6) is 0. The van der Waals surface area contributed by atoms with Gasteiger partial charge in [0.1, 0.15) is 0 Å². The molecule has 2 fully saturated rings. The Kier molecular flexibility index (Phi) is 3.20. The molecule has 2 rings (SSSR count). The van der Waals surface area contributed by atoms with Crippen LogP contribution in [0.1, 0.15) is 13.8 Å². The van der Waals surface area contributed by atoms with Gasteiger partial charge in [-0.3, -0.25) is 4.57 Å². The van der Waals surface area contributed by atoms with Crippen LogP contribution in [-0.4, -0.2) is 54.8 Å². The minimum absolute atomic E-state index is 0.395. The fraction of sp³-hybridized carbons (Fsp3) is 1.00. The Morgan fingerprint density at radius 2 is 1.67 bits per heavy atom. The van der Waals surface area contributed by atoms with Crippen molar-refractivity contribution in [2.24, 2.45) is 0 Å². The lowest BCUT2D eigenvalue weighted by Crippen LogP contribution is -2.13. The first kappa shape index (κ1) is 11.6. The Labute approximate surface area is 90.9 Å². The smallest absolute Gasteiger partial charge is 0.346 e. The Bertz CT molecular complexity index is 267. The van der Waals surface area contributed by atoms with Crippen molar-refractivity contribution in [1.82, 2.24) is 9.34 Å². The van der Waals surface area contributed by atoms with Crippen molar-refractivity contribution in [1.29, 1.82) is 0 Å². The molecule has 2 unspecified atom stereocenters. The van der Waals surface area contributed by atoms with Gasteiger partial charge in [-0.2, -0.15) is 0 Å². The first-order valence-corrected chi connectivity index (χ1v) is 6.90. The summed E-state index contributed by atoms with van der Waals surface area (Å²) in [6.07, 6.45) is 0. The van der Waals surface area contributed by atoms with E-state index in [-0.39, 0.29) is 0 Å². The van der Waals surface area contributed by atoms with Crippen LogP contribution in [0.2, 0.25) is 0 Å². The Balaban J connectivity index is 1.94. The van der Waals surface area contributed by atoms with Crippen LogP contribution in [0, 0.1) is 0 Å². The first-order valence-electron chi connectivity index (χ1n) is 5.37. The van der Waals surface area contributed by atoms with Crippen LogP contribution in [0.15, 0.2) is 0 Å². The summed E-state index contributed by atoms with van der Waals surface area (Å²) in [6, 6.07) is 0.789. The van der Waals surface area contributed by atoms with Gasteiger partial charge in [0.2, 0.25) is 0 Å². The van der Waals surface area contributed by atoms with Gasteiger partial charge >= 0.3 is 7.67 Å². The summed E-state index contributed by atoms with van der Waals surface area (Å²) < 4.78 is 27.0. The van der Waals surface area contributed by atoms with Crippen LogP contribution < -0.4 is 0 Å². The van der Waals surface area contributed by atoms with Crippen molar-refractivity contribution < 1.29 is 13.8 Å². The Morgan fingerprint density at radius 3 is 2.00 bits per heavy atom. The van der Waals surface area contributed by atoms with E-state index in [9.17, 15) is 4.57 Å². The molecule has 4 atom stereocenters. The van der Waals surface area contributed by atoms with Crippen LogP contribution in [0.3, 0.4) is 0 Å².